The Balaban J connectivity index is 5.06. The van der Waals surface area contributed by atoms with E-state index >= 15 is 0 Å². The van der Waals surface area contributed by atoms with Gasteiger partial charge in [0.05, 0.1) is 6.04 Å². The molecule has 0 spiro atoms. The Hall–Kier alpha value is -1.46. The molecule has 0 bridgehead atoms. The van der Waals surface area contributed by atoms with Crippen LogP contribution in [0.4, 0.5) is 0 Å². The molecule has 0 fully saturated rings. The number of rotatable bonds is 15. The quantitative estimate of drug-likeness (QED) is 0.234. The highest BCUT2D eigenvalue weighted by Gasteiger charge is 2.31. The van der Waals surface area contributed by atoms with Crippen molar-refractivity contribution in [3.05, 3.63) is 0 Å². The molecule has 0 aliphatic carbocycles. The molecule has 0 heterocycles. The lowest BCUT2D eigenvalue weighted by Crippen LogP contribution is -2.58. The maximum atomic E-state index is 12.7. The first kappa shape index (κ1) is 28.5. The molecule has 0 aromatic heterocycles. The highest BCUT2D eigenvalue weighted by molar-refractivity contribution is 7.98. The zero-order valence-electron chi connectivity index (χ0n) is 18.4. The van der Waals surface area contributed by atoms with Gasteiger partial charge < -0.3 is 26.8 Å². The van der Waals surface area contributed by atoms with Crippen molar-refractivity contribution in [3.8, 4) is 0 Å². The van der Waals surface area contributed by atoms with Crippen LogP contribution in [0.1, 0.15) is 40.0 Å². The Morgan fingerprint density at radius 1 is 0.900 bits per heavy atom. The minimum Gasteiger partial charge on any atom is -0.480 e. The molecule has 9 nitrogen and oxygen atoms in total. The van der Waals surface area contributed by atoms with Gasteiger partial charge in [0.15, 0.2) is 0 Å². The molecule has 174 valence electrons. The van der Waals surface area contributed by atoms with Crippen LogP contribution < -0.4 is 21.7 Å². The number of amides is 3. The Labute approximate surface area is 187 Å². The topological polar surface area (TPSA) is 151 Å². The molecular weight excluding hydrogens is 428 g/mol. The highest BCUT2D eigenvalue weighted by atomic mass is 32.2. The summed E-state index contributed by atoms with van der Waals surface area (Å²) >= 11 is 3.06. The van der Waals surface area contributed by atoms with Crippen molar-refractivity contribution < 1.29 is 24.3 Å². The number of nitrogens with one attached hydrogen (secondary N) is 3. The van der Waals surface area contributed by atoms with E-state index in [9.17, 15) is 24.3 Å². The van der Waals surface area contributed by atoms with E-state index in [0.717, 1.165) is 5.75 Å². The van der Waals surface area contributed by atoms with Gasteiger partial charge in [0.1, 0.15) is 18.1 Å². The number of carboxylic acid groups (broad SMARTS) is 1. The van der Waals surface area contributed by atoms with Crippen LogP contribution in [0.2, 0.25) is 0 Å². The smallest absolute Gasteiger partial charge is 0.326 e. The van der Waals surface area contributed by atoms with Crippen LogP contribution in [-0.4, -0.2) is 77.0 Å². The number of carbonyl (C=O) groups excluding carboxylic acids is 3. The molecule has 0 aliphatic heterocycles. The fourth-order valence-corrected chi connectivity index (χ4v) is 3.46. The number of aliphatic carboxylic acids is 1. The minimum absolute atomic E-state index is 0.226. The van der Waals surface area contributed by atoms with Gasteiger partial charge in [-0.05, 0) is 49.7 Å². The average molecular weight is 465 g/mol. The molecule has 0 saturated heterocycles. The van der Waals surface area contributed by atoms with Crippen LogP contribution in [0.25, 0.3) is 0 Å². The number of nitrogens with two attached hydrogens (primary N) is 1. The van der Waals surface area contributed by atoms with E-state index in [1.54, 1.807) is 18.7 Å². The van der Waals surface area contributed by atoms with Crippen molar-refractivity contribution >= 4 is 47.2 Å². The Bertz CT molecular complexity index is 579. The van der Waals surface area contributed by atoms with E-state index in [2.05, 4.69) is 16.0 Å². The summed E-state index contributed by atoms with van der Waals surface area (Å²) in [6, 6.07) is -3.54. The summed E-state index contributed by atoms with van der Waals surface area (Å²) in [7, 11) is 0. The Morgan fingerprint density at radius 2 is 1.47 bits per heavy atom. The SMILES string of the molecule is CCC(C)C(NC(=O)C(C)NC(=O)C(N)CCSC)C(=O)NC(CCSC)C(=O)O. The van der Waals surface area contributed by atoms with Crippen LogP contribution in [0.15, 0.2) is 0 Å². The highest BCUT2D eigenvalue weighted by Crippen LogP contribution is 2.10. The first-order valence-corrected chi connectivity index (χ1v) is 12.7. The normalized spacial score (nSPS) is 15.9. The van der Waals surface area contributed by atoms with Gasteiger partial charge in [-0.1, -0.05) is 20.3 Å². The molecule has 0 rings (SSSR count). The summed E-state index contributed by atoms with van der Waals surface area (Å²) in [5.74, 6) is -1.55. The summed E-state index contributed by atoms with van der Waals surface area (Å²) in [5.41, 5.74) is 5.82. The third kappa shape index (κ3) is 10.5. The second-order valence-corrected chi connectivity index (χ2v) is 9.14. The molecule has 3 amide bonds. The zero-order chi connectivity index (χ0) is 23.3. The van der Waals surface area contributed by atoms with Gasteiger partial charge in [0.2, 0.25) is 17.7 Å². The molecule has 0 aromatic carbocycles. The number of carboxylic acids is 1. The summed E-state index contributed by atoms with van der Waals surface area (Å²) in [5, 5.41) is 17.1. The van der Waals surface area contributed by atoms with Crippen LogP contribution in [-0.2, 0) is 19.2 Å². The number of hydrogen-bond acceptors (Lipinski definition) is 7. The van der Waals surface area contributed by atoms with Crippen molar-refractivity contribution in [1.82, 2.24) is 16.0 Å². The molecule has 30 heavy (non-hydrogen) atoms. The number of hydrogen-bond donors (Lipinski definition) is 5. The van der Waals surface area contributed by atoms with Gasteiger partial charge in [-0.2, -0.15) is 23.5 Å². The standard InChI is InChI=1S/C19H36N4O5S2/c1-6-11(2)15(18(26)22-14(19(27)28)8-10-30-5)23-16(24)12(3)21-17(25)13(20)7-9-29-4/h11-15H,6-10,20H2,1-5H3,(H,21,25)(H,22,26)(H,23,24)(H,27,28). The third-order valence-corrected chi connectivity index (χ3v) is 6.03. The van der Waals surface area contributed by atoms with Gasteiger partial charge in [-0.15, -0.1) is 0 Å². The summed E-state index contributed by atoms with van der Waals surface area (Å²) < 4.78 is 0. The molecule has 0 aromatic rings. The first-order chi connectivity index (χ1) is 14.1. The third-order valence-electron chi connectivity index (χ3n) is 4.74. The zero-order valence-corrected chi connectivity index (χ0v) is 20.0. The van der Waals surface area contributed by atoms with Gasteiger partial charge in [0, 0.05) is 0 Å². The van der Waals surface area contributed by atoms with E-state index in [1.807, 2.05) is 19.4 Å². The van der Waals surface area contributed by atoms with Crippen LogP contribution in [0, 0.1) is 5.92 Å². The summed E-state index contributed by atoms with van der Waals surface area (Å²) in [4.78, 5) is 48.8. The molecule has 0 aliphatic rings. The molecule has 5 unspecified atom stereocenters. The lowest BCUT2D eigenvalue weighted by Gasteiger charge is -2.27. The van der Waals surface area contributed by atoms with Crippen LogP contribution in [0.5, 0.6) is 0 Å². The lowest BCUT2D eigenvalue weighted by molar-refractivity contribution is -0.142. The second kappa shape index (κ2) is 15.4. The average Bonchev–Trinajstić information content (AvgIpc) is 2.71. The maximum Gasteiger partial charge on any atom is 0.326 e. The van der Waals surface area contributed by atoms with Crippen LogP contribution in [0.3, 0.4) is 0 Å². The monoisotopic (exact) mass is 464 g/mol. The van der Waals surface area contributed by atoms with Crippen molar-refractivity contribution in [2.45, 2.75) is 64.2 Å². The molecule has 0 radical (unpaired) electrons. The lowest BCUT2D eigenvalue weighted by atomic mass is 9.97. The van der Waals surface area contributed by atoms with Gasteiger partial charge in [0.25, 0.3) is 0 Å². The Kier molecular flexibility index (Phi) is 14.6. The fraction of sp³-hybridized carbons (Fsp3) is 0.789. The van der Waals surface area contributed by atoms with E-state index in [4.69, 9.17) is 5.73 Å². The summed E-state index contributed by atoms with van der Waals surface area (Å²) in [6.07, 6.45) is 5.14. The van der Waals surface area contributed by atoms with Crippen molar-refractivity contribution in [3.63, 3.8) is 0 Å². The molecular formula is C19H36N4O5S2. The molecule has 6 N–H and O–H groups in total. The van der Waals surface area contributed by atoms with E-state index in [1.165, 1.54) is 18.7 Å². The molecule has 11 heteroatoms. The predicted molar refractivity (Wildman–Crippen MR) is 123 cm³/mol. The Morgan fingerprint density at radius 3 is 1.97 bits per heavy atom. The van der Waals surface area contributed by atoms with Gasteiger partial charge in [-0.25, -0.2) is 4.79 Å². The maximum absolute atomic E-state index is 12.7. The van der Waals surface area contributed by atoms with E-state index in [0.29, 0.717) is 18.6 Å². The van der Waals surface area contributed by atoms with Gasteiger partial charge in [-0.3, -0.25) is 14.4 Å². The van der Waals surface area contributed by atoms with Gasteiger partial charge >= 0.3 is 5.97 Å². The second-order valence-electron chi connectivity index (χ2n) is 7.17. The van der Waals surface area contributed by atoms with Crippen LogP contribution >= 0.6 is 23.5 Å². The summed E-state index contributed by atoms with van der Waals surface area (Å²) in [6.45, 7) is 5.18. The first-order valence-electron chi connectivity index (χ1n) is 9.96. The number of thioether (sulfide) groups is 2. The molecule has 5 atom stereocenters. The fourth-order valence-electron chi connectivity index (χ4n) is 2.50. The largest absolute Gasteiger partial charge is 0.480 e. The van der Waals surface area contributed by atoms with Crippen molar-refractivity contribution in [1.29, 1.82) is 0 Å². The molecule has 0 saturated carbocycles. The predicted octanol–water partition coefficient (Wildman–Crippen LogP) is 0.425. The van der Waals surface area contributed by atoms with Crippen molar-refractivity contribution in [2.75, 3.05) is 24.0 Å². The van der Waals surface area contributed by atoms with Crippen molar-refractivity contribution in [2.24, 2.45) is 11.7 Å². The number of carbonyl (C=O) groups is 4. The van der Waals surface area contributed by atoms with E-state index < -0.39 is 47.9 Å². The van der Waals surface area contributed by atoms with E-state index in [-0.39, 0.29) is 12.3 Å². The minimum atomic E-state index is -1.12.